The van der Waals surface area contributed by atoms with Crippen LogP contribution in [-0.2, 0) is 0 Å². The van der Waals surface area contributed by atoms with Gasteiger partial charge in [0.25, 0.3) is 0 Å². The normalized spacial score (nSPS) is 20.2. The van der Waals surface area contributed by atoms with Crippen LogP contribution >= 0.6 is 0 Å². The van der Waals surface area contributed by atoms with E-state index in [0.717, 1.165) is 0 Å². The molecule has 0 radical (unpaired) electrons. The van der Waals surface area contributed by atoms with Gasteiger partial charge in [-0.15, -0.1) is 0 Å². The van der Waals surface area contributed by atoms with Gasteiger partial charge < -0.3 is 4.42 Å². The summed E-state index contributed by atoms with van der Waals surface area (Å²) in [7, 11) is 0. The fourth-order valence-electron chi connectivity index (χ4n) is 6.30. The number of rotatable bonds is 3. The van der Waals surface area contributed by atoms with Crippen LogP contribution in [0.3, 0.4) is 0 Å². The van der Waals surface area contributed by atoms with Crippen LogP contribution in [0, 0.1) is 0 Å². The largest absolute Gasteiger partial charge is 0.456 e. The van der Waals surface area contributed by atoms with Gasteiger partial charge in [0, 0.05) is 10.8 Å². The van der Waals surface area contributed by atoms with Gasteiger partial charge in [-0.1, -0.05) is 157 Å². The van der Waals surface area contributed by atoms with Crippen LogP contribution < -0.4 is 0 Å². The number of furan rings is 1. The molecule has 0 unspecified atom stereocenters. The molecule has 11 rings (SSSR count). The lowest BCUT2D eigenvalue weighted by atomic mass is 9.85. The first-order valence-corrected chi connectivity index (χ1v) is 15.2. The van der Waals surface area contributed by atoms with Crippen molar-refractivity contribution in [1.82, 2.24) is 0 Å². The van der Waals surface area contributed by atoms with Crippen molar-refractivity contribution in [1.29, 1.82) is 0 Å². The zero-order chi connectivity index (χ0) is 59.6. The van der Waals surface area contributed by atoms with Crippen LogP contribution in [-0.4, -0.2) is 0 Å². The van der Waals surface area contributed by atoms with E-state index in [9.17, 15) is 16.4 Å². The van der Waals surface area contributed by atoms with E-state index in [1.807, 2.05) is 0 Å². The smallest absolute Gasteiger partial charge is 0.136 e. The molecule has 10 aromatic carbocycles. The van der Waals surface area contributed by atoms with Crippen molar-refractivity contribution in [3.05, 3.63) is 181 Å². The zero-order valence-corrected chi connectivity index (χ0v) is 25.4. The summed E-state index contributed by atoms with van der Waals surface area (Å²) in [5.74, 6) is 0. The maximum absolute atomic E-state index is 9.92. The van der Waals surface area contributed by atoms with Crippen LogP contribution in [0.1, 0.15) is 41.1 Å². The Morgan fingerprint density at radius 2 is 0.725 bits per heavy atom. The summed E-state index contributed by atoms with van der Waals surface area (Å²) in [6, 6.07) is -27.8. The number of fused-ring (bicyclic) bond motifs is 10. The Balaban J connectivity index is 1.35. The topological polar surface area (TPSA) is 13.1 Å². The van der Waals surface area contributed by atoms with Crippen molar-refractivity contribution in [2.75, 3.05) is 0 Å². The van der Waals surface area contributed by atoms with Gasteiger partial charge in [0.1, 0.15) is 11.2 Å². The zero-order valence-electron chi connectivity index (χ0n) is 55.4. The number of benzene rings is 10. The molecule has 0 bridgehead atoms. The van der Waals surface area contributed by atoms with Crippen LogP contribution in [0.5, 0.6) is 0 Å². The molecule has 0 saturated carbocycles. The van der Waals surface area contributed by atoms with E-state index in [-0.39, 0.29) is 0 Å². The van der Waals surface area contributed by atoms with E-state index >= 15 is 0 Å². The second-order valence-corrected chi connectivity index (χ2v) is 11.3. The molecule has 0 fully saturated rings. The molecule has 1 heterocycles. The molecule has 0 atom stereocenters. The summed E-state index contributed by atoms with van der Waals surface area (Å²) in [4.78, 5) is 0. The molecular weight excluding hydrogens is 617 g/mol. The SMILES string of the molecule is [2H]c1c([2H])c(-c2c3c([2H])c([2H])c([2H])c([2H])c3c(-c3c([2H])c([2H])c4oc5c([2H])c([2H])c6c([2H])c([2H])c([2H])c([2H])c6c5c4c3[2H])c3c([2H])c([2H])c([2H])c([2H])c23)c([2H])c([2H])c1-c1c([2H])c([2H])c2c([2H])c([2H])c3c([2H])c([2H])c([2H])c([2H])c3c2c1[2H]. The first kappa shape index (κ1) is 11.7. The molecule has 0 aliphatic heterocycles. The Kier molecular flexibility index (Phi) is 2.50. The van der Waals surface area contributed by atoms with Crippen molar-refractivity contribution < 1.29 is 45.5 Å². The standard InChI is InChI=1S/C50H30O/c1-3-11-38-32(9-1)19-20-34-21-24-36(29-44(34)38)31-17-22-35(23-18-31)48-40-13-5-7-15-42(40)49(43-16-8-6-14-41(43)48)37-26-27-46-45(30-37)50-39-12-4-2-10-33(39)25-28-47(50)51-46/h1-30H/i1D,2D,3D,4D,5D,6D,7D,8D,9D,10D,11D,12D,13D,14D,15D,16D,17D,18D,19D,20D,21D,22D,23D,24D,25D,26D,27D,28D,29D,30D. The van der Waals surface area contributed by atoms with Crippen molar-refractivity contribution in [2.24, 2.45) is 0 Å². The van der Waals surface area contributed by atoms with Gasteiger partial charge >= 0.3 is 0 Å². The van der Waals surface area contributed by atoms with E-state index in [1.165, 1.54) is 0 Å². The maximum Gasteiger partial charge on any atom is 0.136 e. The molecule has 11 aromatic rings. The molecule has 1 heteroatoms. The maximum atomic E-state index is 9.92. The summed E-state index contributed by atoms with van der Waals surface area (Å²) in [5, 5.41) is -7.22. The second kappa shape index (κ2) is 10.9. The first-order valence-electron chi connectivity index (χ1n) is 30.2. The van der Waals surface area contributed by atoms with Gasteiger partial charge in [-0.05, 0) is 111 Å². The van der Waals surface area contributed by atoms with Gasteiger partial charge in [0.2, 0.25) is 0 Å². The second-order valence-electron chi connectivity index (χ2n) is 11.3. The van der Waals surface area contributed by atoms with Gasteiger partial charge in [0.05, 0.1) is 41.1 Å². The summed E-state index contributed by atoms with van der Waals surface area (Å²) < 4.78 is 278. The number of hydrogen-bond acceptors (Lipinski definition) is 1. The fraction of sp³-hybridized carbons (Fsp3) is 0. The third-order valence-corrected chi connectivity index (χ3v) is 8.51. The Bertz CT molecular complexity index is 4820. The summed E-state index contributed by atoms with van der Waals surface area (Å²) in [6.45, 7) is 0. The van der Waals surface area contributed by atoms with Crippen molar-refractivity contribution in [3.8, 4) is 33.4 Å². The lowest BCUT2D eigenvalue weighted by Crippen LogP contribution is -1.91. The summed E-state index contributed by atoms with van der Waals surface area (Å²) >= 11 is 0. The van der Waals surface area contributed by atoms with Crippen molar-refractivity contribution in [2.45, 2.75) is 0 Å². The Morgan fingerprint density at radius 3 is 1.41 bits per heavy atom. The molecule has 51 heavy (non-hydrogen) atoms. The lowest BCUT2D eigenvalue weighted by molar-refractivity contribution is 0.669. The van der Waals surface area contributed by atoms with E-state index in [1.54, 1.807) is 0 Å². The van der Waals surface area contributed by atoms with Crippen molar-refractivity contribution in [3.63, 3.8) is 0 Å². The molecule has 0 N–H and O–H groups in total. The third kappa shape index (κ3) is 4.28. The highest BCUT2D eigenvalue weighted by Crippen LogP contribution is 2.45. The molecule has 1 nitrogen and oxygen atoms in total. The van der Waals surface area contributed by atoms with Crippen LogP contribution in [0.15, 0.2) is 186 Å². The third-order valence-electron chi connectivity index (χ3n) is 8.51. The molecule has 0 amide bonds. The Hall–Kier alpha value is -6.70. The summed E-state index contributed by atoms with van der Waals surface area (Å²) in [6.07, 6.45) is 0. The minimum absolute atomic E-state index is 0.417. The van der Waals surface area contributed by atoms with Crippen LogP contribution in [0.2, 0.25) is 0 Å². The molecule has 236 valence electrons. The lowest BCUT2D eigenvalue weighted by Gasteiger charge is -2.18. The minimum atomic E-state index is -1.14. The van der Waals surface area contributed by atoms with Crippen LogP contribution in [0.4, 0.5) is 0 Å². The van der Waals surface area contributed by atoms with Gasteiger partial charge in [0.15, 0.2) is 0 Å². The first-order chi connectivity index (χ1) is 37.8. The van der Waals surface area contributed by atoms with E-state index in [4.69, 9.17) is 29.1 Å². The van der Waals surface area contributed by atoms with E-state index < -0.39 is 290 Å². The predicted octanol–water partition coefficient (Wildman–Crippen LogP) is 14.4. The number of hydrogen-bond donors (Lipinski definition) is 0. The molecule has 0 saturated heterocycles. The molecule has 0 spiro atoms. The Morgan fingerprint density at radius 1 is 0.294 bits per heavy atom. The summed E-state index contributed by atoms with van der Waals surface area (Å²) in [5.41, 5.74) is -6.13. The highest BCUT2D eigenvalue weighted by atomic mass is 16.3. The highest BCUT2D eigenvalue weighted by Gasteiger charge is 2.18. The predicted molar refractivity (Wildman–Crippen MR) is 218 cm³/mol. The fourth-order valence-corrected chi connectivity index (χ4v) is 6.30. The molecule has 1 aromatic heterocycles. The monoisotopic (exact) mass is 676 g/mol. The molecule has 0 aliphatic carbocycles. The van der Waals surface area contributed by atoms with E-state index in [2.05, 4.69) is 0 Å². The average Bonchev–Trinajstić information content (AvgIpc) is 3.99. The van der Waals surface area contributed by atoms with Gasteiger partial charge in [-0.25, -0.2) is 0 Å². The Labute approximate surface area is 336 Å². The minimum Gasteiger partial charge on any atom is -0.456 e. The van der Waals surface area contributed by atoms with Gasteiger partial charge in [-0.2, -0.15) is 0 Å². The van der Waals surface area contributed by atoms with E-state index in [0.29, 0.717) is 0 Å². The highest BCUT2D eigenvalue weighted by molar-refractivity contribution is 6.24. The van der Waals surface area contributed by atoms with Gasteiger partial charge in [-0.3, -0.25) is 0 Å². The quantitative estimate of drug-likeness (QED) is 0.134. The van der Waals surface area contributed by atoms with Crippen molar-refractivity contribution >= 4 is 75.8 Å². The van der Waals surface area contributed by atoms with Crippen LogP contribution in [0.25, 0.3) is 109 Å². The molecular formula is C50H30O. The molecule has 0 aliphatic rings. The average molecular weight is 677 g/mol.